The van der Waals surface area contributed by atoms with Crippen LogP contribution in [0.3, 0.4) is 0 Å². The van der Waals surface area contributed by atoms with E-state index in [0.29, 0.717) is 0 Å². The fourth-order valence-corrected chi connectivity index (χ4v) is 5.77. The van der Waals surface area contributed by atoms with Gasteiger partial charge >= 0.3 is 0 Å². The lowest BCUT2D eigenvalue weighted by Gasteiger charge is -2.44. The quantitative estimate of drug-likeness (QED) is 0.185. The van der Waals surface area contributed by atoms with Crippen LogP contribution in [0.25, 0.3) is 32.8 Å². The molecule has 4 aromatic rings. The lowest BCUT2D eigenvalue weighted by molar-refractivity contribution is -0.750. The van der Waals surface area contributed by atoms with Crippen molar-refractivity contribution < 1.29 is 4.57 Å². The Bertz CT molecular complexity index is 1370. The number of aryl methyl sites for hydroxylation is 3. The molecule has 0 spiro atoms. The summed E-state index contributed by atoms with van der Waals surface area (Å²) in [6, 6.07) is 18.3. The summed E-state index contributed by atoms with van der Waals surface area (Å²) in [5.74, 6) is 0. The summed E-state index contributed by atoms with van der Waals surface area (Å²) in [7, 11) is 0. The normalized spacial score (nSPS) is 19.5. The zero-order valence-corrected chi connectivity index (χ0v) is 18.9. The number of hydrogen-bond acceptors (Lipinski definition) is 0. The van der Waals surface area contributed by atoms with Gasteiger partial charge in [0.2, 0.25) is 5.69 Å². The highest BCUT2D eigenvalue weighted by molar-refractivity contribution is 6.11. The number of allylic oxidation sites excluding steroid dienone is 1. The third-order valence-electron chi connectivity index (χ3n) is 7.63. The molecule has 0 radical (unpaired) electrons. The average molecular weight is 393 g/mol. The first-order valence-electron chi connectivity index (χ1n) is 10.8. The molecule has 1 nitrogen and oxygen atoms in total. The summed E-state index contributed by atoms with van der Waals surface area (Å²) in [4.78, 5) is 0. The van der Waals surface area contributed by atoms with Crippen molar-refractivity contribution in [2.75, 3.05) is 0 Å². The predicted octanol–water partition coefficient (Wildman–Crippen LogP) is 7.07. The van der Waals surface area contributed by atoms with Crippen molar-refractivity contribution in [1.82, 2.24) is 0 Å². The standard InChI is InChI=1S/C29H30N/c1-8-29(7)28(5,6)26-20(4)15-19(3)17-25(26)27-24-12-10-21-16-18(2)9-11-22(21)23(24)13-14-30(27)29/h8-17H,1H2,2-7H3/q+1. The number of aromatic nitrogens is 1. The zero-order chi connectivity index (χ0) is 21.4. The largest absolute Gasteiger partial charge is 0.221 e. The van der Waals surface area contributed by atoms with Gasteiger partial charge in [0.25, 0.3) is 0 Å². The van der Waals surface area contributed by atoms with E-state index in [1.54, 1.807) is 0 Å². The molecule has 1 atom stereocenters. The van der Waals surface area contributed by atoms with Crippen molar-refractivity contribution in [1.29, 1.82) is 0 Å². The highest BCUT2D eigenvalue weighted by atomic mass is 15.1. The highest BCUT2D eigenvalue weighted by Gasteiger charge is 2.55. The average Bonchev–Trinajstić information content (AvgIpc) is 2.70. The molecule has 2 heterocycles. The lowest BCUT2D eigenvalue weighted by Crippen LogP contribution is -2.66. The Morgan fingerprint density at radius 3 is 2.27 bits per heavy atom. The van der Waals surface area contributed by atoms with Gasteiger partial charge in [-0.3, -0.25) is 0 Å². The Balaban J connectivity index is 2.02. The van der Waals surface area contributed by atoms with Crippen LogP contribution >= 0.6 is 0 Å². The third-order valence-corrected chi connectivity index (χ3v) is 7.63. The van der Waals surface area contributed by atoms with E-state index in [2.05, 4.69) is 113 Å². The van der Waals surface area contributed by atoms with E-state index in [-0.39, 0.29) is 11.0 Å². The fourth-order valence-electron chi connectivity index (χ4n) is 5.77. The number of fused-ring (bicyclic) bond motifs is 7. The summed E-state index contributed by atoms with van der Waals surface area (Å²) in [6.45, 7) is 18.0. The molecule has 0 saturated heterocycles. The topological polar surface area (TPSA) is 3.88 Å². The van der Waals surface area contributed by atoms with Gasteiger partial charge < -0.3 is 0 Å². The first kappa shape index (κ1) is 19.1. The molecular formula is C29H30N+. The predicted molar refractivity (Wildman–Crippen MR) is 128 cm³/mol. The summed E-state index contributed by atoms with van der Waals surface area (Å²) in [5, 5.41) is 5.24. The van der Waals surface area contributed by atoms with Crippen molar-refractivity contribution in [3.05, 3.63) is 89.6 Å². The molecule has 1 aliphatic heterocycles. The maximum atomic E-state index is 4.29. The monoisotopic (exact) mass is 392 g/mol. The summed E-state index contributed by atoms with van der Waals surface area (Å²) in [5.41, 5.74) is 7.76. The summed E-state index contributed by atoms with van der Waals surface area (Å²) < 4.78 is 2.46. The molecule has 0 N–H and O–H groups in total. The number of nitrogens with zero attached hydrogens (tertiary/aromatic N) is 1. The smallest absolute Gasteiger partial charge is 0.188 e. The van der Waals surface area contributed by atoms with Crippen LogP contribution in [0.15, 0.2) is 67.4 Å². The Labute approximate surface area is 179 Å². The zero-order valence-electron chi connectivity index (χ0n) is 18.9. The van der Waals surface area contributed by atoms with Crippen molar-refractivity contribution >= 4 is 21.5 Å². The summed E-state index contributed by atoms with van der Waals surface area (Å²) in [6.07, 6.45) is 4.41. The first-order chi connectivity index (χ1) is 14.2. The van der Waals surface area contributed by atoms with E-state index in [0.717, 1.165) is 0 Å². The molecule has 30 heavy (non-hydrogen) atoms. The second kappa shape index (κ2) is 6.04. The molecule has 1 unspecified atom stereocenters. The minimum Gasteiger partial charge on any atom is -0.188 e. The van der Waals surface area contributed by atoms with Crippen molar-refractivity contribution in [3.63, 3.8) is 0 Å². The third kappa shape index (κ3) is 2.27. The SMILES string of the molecule is C=CC1(C)[n+]2ccc3c(ccc4cc(C)ccc43)c2-c2cc(C)cc(C)c2C1(C)C. The molecular weight excluding hydrogens is 362 g/mol. The van der Waals surface area contributed by atoms with Crippen LogP contribution in [0.2, 0.25) is 0 Å². The van der Waals surface area contributed by atoms with Crippen LogP contribution in [0.4, 0.5) is 0 Å². The van der Waals surface area contributed by atoms with Crippen molar-refractivity contribution in [3.8, 4) is 11.3 Å². The maximum Gasteiger partial charge on any atom is 0.221 e. The molecule has 150 valence electrons. The molecule has 5 rings (SSSR count). The first-order valence-corrected chi connectivity index (χ1v) is 10.8. The van der Waals surface area contributed by atoms with E-state index < -0.39 is 0 Å². The summed E-state index contributed by atoms with van der Waals surface area (Å²) >= 11 is 0. The lowest BCUT2D eigenvalue weighted by atomic mass is 9.62. The molecule has 0 bridgehead atoms. The van der Waals surface area contributed by atoms with Crippen molar-refractivity contribution in [2.45, 2.75) is 52.5 Å². The van der Waals surface area contributed by atoms with Crippen LogP contribution in [-0.4, -0.2) is 0 Å². The highest BCUT2D eigenvalue weighted by Crippen LogP contribution is 2.49. The van der Waals surface area contributed by atoms with Gasteiger partial charge in [-0.15, -0.1) is 0 Å². The van der Waals surface area contributed by atoms with E-state index in [9.17, 15) is 0 Å². The van der Waals surface area contributed by atoms with Gasteiger partial charge in [-0.2, -0.15) is 4.57 Å². The van der Waals surface area contributed by atoms with Crippen LogP contribution in [0.1, 0.15) is 43.0 Å². The van der Waals surface area contributed by atoms with Gasteiger partial charge in [-0.05, 0) is 74.7 Å². The van der Waals surface area contributed by atoms with E-state index in [1.807, 2.05) is 0 Å². The number of pyridine rings is 1. The molecule has 1 heteroatoms. The van der Waals surface area contributed by atoms with Gasteiger partial charge in [-0.1, -0.05) is 48.0 Å². The number of benzene rings is 3. The Morgan fingerprint density at radius 1 is 0.800 bits per heavy atom. The van der Waals surface area contributed by atoms with Gasteiger partial charge in [0, 0.05) is 18.4 Å². The van der Waals surface area contributed by atoms with Crippen molar-refractivity contribution in [2.24, 2.45) is 0 Å². The molecule has 0 fully saturated rings. The minimum atomic E-state index is -0.230. The molecule has 0 amide bonds. The Kier molecular flexibility index (Phi) is 3.84. The molecule has 3 aromatic carbocycles. The molecule has 1 aromatic heterocycles. The van der Waals surface area contributed by atoms with Crippen LogP contribution in [-0.2, 0) is 11.0 Å². The van der Waals surface area contributed by atoms with E-state index in [4.69, 9.17) is 0 Å². The van der Waals surface area contributed by atoms with Gasteiger partial charge in [0.1, 0.15) is 0 Å². The Morgan fingerprint density at radius 2 is 1.53 bits per heavy atom. The second-order valence-electron chi connectivity index (χ2n) is 9.77. The molecule has 1 aliphatic rings. The van der Waals surface area contributed by atoms with Crippen LogP contribution in [0.5, 0.6) is 0 Å². The van der Waals surface area contributed by atoms with Crippen LogP contribution < -0.4 is 4.57 Å². The fraction of sp³-hybridized carbons (Fsp3) is 0.276. The van der Waals surface area contributed by atoms with Crippen LogP contribution in [0, 0.1) is 20.8 Å². The molecule has 0 aliphatic carbocycles. The number of rotatable bonds is 1. The minimum absolute atomic E-state index is 0.0822. The Hall–Kier alpha value is -2.93. The maximum absolute atomic E-state index is 4.29. The van der Waals surface area contributed by atoms with Gasteiger partial charge in [0.15, 0.2) is 11.7 Å². The van der Waals surface area contributed by atoms with Gasteiger partial charge in [-0.25, -0.2) is 0 Å². The van der Waals surface area contributed by atoms with E-state index in [1.165, 1.54) is 55.1 Å². The van der Waals surface area contributed by atoms with E-state index >= 15 is 0 Å². The number of hydrogen-bond donors (Lipinski definition) is 0. The second-order valence-corrected chi connectivity index (χ2v) is 9.77. The molecule has 0 saturated carbocycles. The van der Waals surface area contributed by atoms with Gasteiger partial charge in [0.05, 0.1) is 16.4 Å².